The van der Waals surface area contributed by atoms with Gasteiger partial charge in [-0.25, -0.2) is 4.98 Å². The Morgan fingerprint density at radius 2 is 1.50 bits per heavy atom. The van der Waals surface area contributed by atoms with Gasteiger partial charge in [-0.15, -0.1) is 0 Å². The molecule has 0 atom stereocenters. The van der Waals surface area contributed by atoms with E-state index in [1.807, 2.05) is 6.07 Å². The maximum absolute atomic E-state index is 6.37. The standard InChI is InChI=1S/C31H49ClN4/c1-24(2)22-36(23-25(3)4)30-20-29(32)34-31(35-30)33-21-28-18-16-27(17-19-28)15-9-6-5-8-12-26-13-10-7-11-14-26/h16-20,24-26H,5-15,21-23H2,1-4H3,(H,33,34,35). The van der Waals surface area contributed by atoms with Crippen LogP contribution in [0.2, 0.25) is 5.15 Å². The summed E-state index contributed by atoms with van der Waals surface area (Å²) in [4.78, 5) is 11.5. The zero-order valence-electron chi connectivity index (χ0n) is 23.2. The molecular weight excluding hydrogens is 464 g/mol. The van der Waals surface area contributed by atoms with Gasteiger partial charge in [-0.05, 0) is 41.7 Å². The van der Waals surface area contributed by atoms with Gasteiger partial charge in [0.15, 0.2) is 0 Å². The number of nitrogens with zero attached hydrogens (tertiary/aromatic N) is 3. The average Bonchev–Trinajstić information content (AvgIpc) is 2.85. The molecule has 0 aliphatic heterocycles. The molecule has 2 aromatic rings. The SMILES string of the molecule is CC(C)CN(CC(C)C)c1cc(Cl)nc(NCc2ccc(CCCCCCC3CCCCC3)cc2)n1. The molecule has 0 spiro atoms. The van der Waals surface area contributed by atoms with E-state index >= 15 is 0 Å². The Labute approximate surface area is 225 Å². The van der Waals surface area contributed by atoms with Crippen molar-refractivity contribution in [1.82, 2.24) is 9.97 Å². The first-order chi connectivity index (χ1) is 17.4. The van der Waals surface area contributed by atoms with Crippen molar-refractivity contribution in [2.24, 2.45) is 17.8 Å². The molecule has 0 radical (unpaired) electrons. The highest BCUT2D eigenvalue weighted by atomic mass is 35.5. The second kappa shape index (κ2) is 15.4. The van der Waals surface area contributed by atoms with Gasteiger partial charge in [-0.3, -0.25) is 0 Å². The summed E-state index contributed by atoms with van der Waals surface area (Å²) in [5.41, 5.74) is 2.67. The molecule has 1 aromatic carbocycles. The van der Waals surface area contributed by atoms with Crippen molar-refractivity contribution in [3.8, 4) is 0 Å². The molecule has 1 fully saturated rings. The Kier molecular flexibility index (Phi) is 12.3. The van der Waals surface area contributed by atoms with E-state index in [0.29, 0.717) is 29.5 Å². The highest BCUT2D eigenvalue weighted by molar-refractivity contribution is 6.29. The predicted octanol–water partition coefficient (Wildman–Crippen LogP) is 8.93. The smallest absolute Gasteiger partial charge is 0.226 e. The van der Waals surface area contributed by atoms with Gasteiger partial charge in [-0.1, -0.05) is 121 Å². The maximum Gasteiger partial charge on any atom is 0.226 e. The molecule has 1 heterocycles. The molecule has 200 valence electrons. The number of aromatic nitrogens is 2. The summed E-state index contributed by atoms with van der Waals surface area (Å²) in [6.45, 7) is 11.5. The van der Waals surface area contributed by atoms with E-state index < -0.39 is 0 Å². The maximum atomic E-state index is 6.37. The van der Waals surface area contributed by atoms with Crippen LogP contribution in [0.15, 0.2) is 30.3 Å². The number of aryl methyl sites for hydroxylation is 1. The summed E-state index contributed by atoms with van der Waals surface area (Å²) in [6.07, 6.45) is 15.5. The van der Waals surface area contributed by atoms with Crippen LogP contribution in [0.4, 0.5) is 11.8 Å². The van der Waals surface area contributed by atoms with Crippen LogP contribution in [0, 0.1) is 17.8 Å². The first-order valence-corrected chi connectivity index (χ1v) is 14.9. The molecule has 0 amide bonds. The van der Waals surface area contributed by atoms with Gasteiger partial charge in [-0.2, -0.15) is 4.98 Å². The zero-order valence-corrected chi connectivity index (χ0v) is 24.0. The zero-order chi connectivity index (χ0) is 25.8. The molecule has 1 saturated carbocycles. The summed E-state index contributed by atoms with van der Waals surface area (Å²) in [5, 5.41) is 3.86. The molecule has 36 heavy (non-hydrogen) atoms. The molecule has 1 aliphatic rings. The first kappa shape index (κ1) is 28.8. The molecule has 1 aromatic heterocycles. The highest BCUT2D eigenvalue weighted by Crippen LogP contribution is 2.28. The Balaban J connectivity index is 1.42. The normalized spacial score (nSPS) is 14.5. The van der Waals surface area contributed by atoms with Crippen LogP contribution in [-0.2, 0) is 13.0 Å². The molecule has 1 aliphatic carbocycles. The Morgan fingerprint density at radius 1 is 0.861 bits per heavy atom. The first-order valence-electron chi connectivity index (χ1n) is 14.5. The van der Waals surface area contributed by atoms with E-state index in [0.717, 1.165) is 24.8 Å². The van der Waals surface area contributed by atoms with Gasteiger partial charge in [0.05, 0.1) is 0 Å². The van der Waals surface area contributed by atoms with Crippen molar-refractivity contribution in [3.63, 3.8) is 0 Å². The van der Waals surface area contributed by atoms with Crippen LogP contribution in [0.3, 0.4) is 0 Å². The van der Waals surface area contributed by atoms with Crippen LogP contribution in [0.5, 0.6) is 0 Å². The summed E-state index contributed by atoms with van der Waals surface area (Å²) in [6, 6.07) is 10.9. The van der Waals surface area contributed by atoms with Gasteiger partial charge in [0.2, 0.25) is 5.95 Å². The van der Waals surface area contributed by atoms with Gasteiger partial charge < -0.3 is 10.2 Å². The van der Waals surface area contributed by atoms with Crippen molar-refractivity contribution >= 4 is 23.4 Å². The third-order valence-electron chi connectivity index (χ3n) is 7.20. The lowest BCUT2D eigenvalue weighted by atomic mass is 9.85. The molecular formula is C31H49ClN4. The minimum absolute atomic E-state index is 0.481. The second-order valence-corrected chi connectivity index (χ2v) is 12.1. The Morgan fingerprint density at radius 3 is 2.17 bits per heavy atom. The molecule has 4 nitrogen and oxygen atoms in total. The minimum Gasteiger partial charge on any atom is -0.356 e. The van der Waals surface area contributed by atoms with Crippen molar-refractivity contribution in [1.29, 1.82) is 0 Å². The molecule has 0 bridgehead atoms. The molecule has 5 heteroatoms. The van der Waals surface area contributed by atoms with Crippen molar-refractivity contribution < 1.29 is 0 Å². The van der Waals surface area contributed by atoms with Gasteiger partial charge in [0.1, 0.15) is 11.0 Å². The van der Waals surface area contributed by atoms with E-state index in [9.17, 15) is 0 Å². The molecule has 1 N–H and O–H groups in total. The highest BCUT2D eigenvalue weighted by Gasteiger charge is 2.15. The van der Waals surface area contributed by atoms with Crippen LogP contribution in [-0.4, -0.2) is 23.1 Å². The number of nitrogens with one attached hydrogen (secondary N) is 1. The molecule has 3 rings (SSSR count). The Bertz CT molecular complexity index is 865. The third-order valence-corrected chi connectivity index (χ3v) is 7.40. The lowest BCUT2D eigenvalue weighted by Gasteiger charge is -2.27. The monoisotopic (exact) mass is 512 g/mol. The van der Waals surface area contributed by atoms with Gasteiger partial charge in [0.25, 0.3) is 0 Å². The summed E-state index contributed by atoms with van der Waals surface area (Å²) in [7, 11) is 0. The lowest BCUT2D eigenvalue weighted by molar-refractivity contribution is 0.328. The number of rotatable bonds is 15. The fraction of sp³-hybridized carbons (Fsp3) is 0.677. The van der Waals surface area contributed by atoms with Crippen LogP contribution < -0.4 is 10.2 Å². The number of benzene rings is 1. The molecule has 0 saturated heterocycles. The second-order valence-electron chi connectivity index (χ2n) is 11.7. The minimum atomic E-state index is 0.481. The van der Waals surface area contributed by atoms with E-state index in [4.69, 9.17) is 16.6 Å². The average molecular weight is 513 g/mol. The fourth-order valence-electron chi connectivity index (χ4n) is 5.39. The van der Waals surface area contributed by atoms with E-state index in [-0.39, 0.29) is 0 Å². The topological polar surface area (TPSA) is 41.1 Å². The van der Waals surface area contributed by atoms with Crippen molar-refractivity contribution in [2.45, 2.75) is 105 Å². The number of unbranched alkanes of at least 4 members (excludes halogenated alkanes) is 3. The number of halogens is 1. The number of hydrogen-bond acceptors (Lipinski definition) is 4. The van der Waals surface area contributed by atoms with E-state index in [1.165, 1.54) is 81.8 Å². The van der Waals surface area contributed by atoms with Crippen molar-refractivity contribution in [3.05, 3.63) is 46.6 Å². The summed E-state index contributed by atoms with van der Waals surface area (Å²) in [5.74, 6) is 3.62. The fourth-order valence-corrected chi connectivity index (χ4v) is 5.56. The van der Waals surface area contributed by atoms with E-state index in [2.05, 4.69) is 67.2 Å². The van der Waals surface area contributed by atoms with Crippen LogP contribution >= 0.6 is 11.6 Å². The van der Waals surface area contributed by atoms with Crippen molar-refractivity contribution in [2.75, 3.05) is 23.3 Å². The molecule has 0 unspecified atom stereocenters. The summed E-state index contributed by atoms with van der Waals surface area (Å²) < 4.78 is 0. The lowest BCUT2D eigenvalue weighted by Crippen LogP contribution is -2.32. The van der Waals surface area contributed by atoms with E-state index in [1.54, 1.807) is 0 Å². The van der Waals surface area contributed by atoms with Gasteiger partial charge in [0, 0.05) is 25.7 Å². The summed E-state index contributed by atoms with van der Waals surface area (Å²) >= 11 is 6.37. The van der Waals surface area contributed by atoms with Crippen LogP contribution in [0.25, 0.3) is 0 Å². The number of hydrogen-bond donors (Lipinski definition) is 1. The Hall–Kier alpha value is -1.81. The third kappa shape index (κ3) is 10.7. The predicted molar refractivity (Wildman–Crippen MR) is 156 cm³/mol. The number of anilines is 2. The quantitative estimate of drug-likeness (QED) is 0.191. The largest absolute Gasteiger partial charge is 0.356 e. The van der Waals surface area contributed by atoms with Crippen LogP contribution in [0.1, 0.15) is 103 Å². The van der Waals surface area contributed by atoms with Gasteiger partial charge >= 0.3 is 0 Å².